The van der Waals surface area contributed by atoms with E-state index < -0.39 is 30.3 Å². The van der Waals surface area contributed by atoms with Crippen LogP contribution in [-0.2, 0) is 14.3 Å². The van der Waals surface area contributed by atoms with Crippen molar-refractivity contribution in [2.24, 2.45) is 5.92 Å². The maximum Gasteiger partial charge on any atom is 0.313 e. The molecule has 0 aliphatic heterocycles. The number of aliphatic hydroxyl groups excluding tert-OH is 2. The van der Waals surface area contributed by atoms with Crippen molar-refractivity contribution >= 4 is 11.9 Å². The van der Waals surface area contributed by atoms with Gasteiger partial charge in [0.1, 0.15) is 0 Å². The minimum Gasteiger partial charge on any atom is -0.481 e. The Kier molecular flexibility index (Phi) is 8.32. The van der Waals surface area contributed by atoms with Crippen LogP contribution in [0.5, 0.6) is 0 Å². The lowest BCUT2D eigenvalue weighted by Gasteiger charge is -2.21. The van der Waals surface area contributed by atoms with Gasteiger partial charge in [-0.05, 0) is 19.3 Å². The molecule has 0 fully saturated rings. The first-order valence-corrected chi connectivity index (χ1v) is 6.20. The van der Waals surface area contributed by atoms with Gasteiger partial charge >= 0.3 is 11.9 Å². The zero-order valence-corrected chi connectivity index (χ0v) is 10.8. The first kappa shape index (κ1) is 16.9. The summed E-state index contributed by atoms with van der Waals surface area (Å²) in [6.45, 7) is 3.38. The molecule has 6 heteroatoms. The minimum atomic E-state index is -1.18. The molecule has 3 N–H and O–H groups in total. The van der Waals surface area contributed by atoms with E-state index in [0.717, 1.165) is 0 Å². The van der Waals surface area contributed by atoms with Crippen LogP contribution in [0.4, 0.5) is 0 Å². The van der Waals surface area contributed by atoms with Gasteiger partial charge in [-0.15, -0.1) is 0 Å². The Balaban J connectivity index is 4.38. The molecular weight excluding hydrogens is 240 g/mol. The molecule has 6 nitrogen and oxygen atoms in total. The van der Waals surface area contributed by atoms with Crippen molar-refractivity contribution in [3.05, 3.63) is 0 Å². The van der Waals surface area contributed by atoms with Crippen LogP contribution in [0.3, 0.4) is 0 Å². The smallest absolute Gasteiger partial charge is 0.313 e. The molecule has 0 spiro atoms. The van der Waals surface area contributed by atoms with Gasteiger partial charge in [0.05, 0.1) is 12.0 Å². The Morgan fingerprint density at radius 1 is 1.17 bits per heavy atom. The van der Waals surface area contributed by atoms with Crippen molar-refractivity contribution in [3.8, 4) is 0 Å². The van der Waals surface area contributed by atoms with E-state index in [1.54, 1.807) is 13.8 Å². The maximum atomic E-state index is 11.7. The van der Waals surface area contributed by atoms with Crippen molar-refractivity contribution in [2.75, 3.05) is 0 Å². The first-order chi connectivity index (χ1) is 8.42. The van der Waals surface area contributed by atoms with Gasteiger partial charge in [-0.2, -0.15) is 0 Å². The number of carboxylic acid groups (broad SMARTS) is 1. The molecule has 0 aliphatic rings. The lowest BCUT2D eigenvalue weighted by molar-refractivity contribution is -0.177. The summed E-state index contributed by atoms with van der Waals surface area (Å²) >= 11 is 0. The Morgan fingerprint density at radius 3 is 2.22 bits per heavy atom. The summed E-state index contributed by atoms with van der Waals surface area (Å²) in [5, 5.41) is 27.5. The van der Waals surface area contributed by atoms with Crippen molar-refractivity contribution in [2.45, 2.75) is 58.3 Å². The van der Waals surface area contributed by atoms with Gasteiger partial charge in [-0.3, -0.25) is 9.59 Å². The summed E-state index contributed by atoms with van der Waals surface area (Å²) in [4.78, 5) is 22.1. The summed E-state index contributed by atoms with van der Waals surface area (Å²) in [5.74, 6) is -2.40. The highest BCUT2D eigenvalue weighted by molar-refractivity contribution is 5.73. The molecule has 0 aromatic heterocycles. The third-order valence-electron chi connectivity index (χ3n) is 2.69. The van der Waals surface area contributed by atoms with E-state index in [9.17, 15) is 19.8 Å². The van der Waals surface area contributed by atoms with Crippen molar-refractivity contribution in [3.63, 3.8) is 0 Å². The molecule has 0 heterocycles. The highest BCUT2D eigenvalue weighted by Crippen LogP contribution is 2.18. The second-order valence-electron chi connectivity index (χ2n) is 4.17. The topological polar surface area (TPSA) is 104 Å². The Hall–Kier alpha value is -1.14. The fraction of sp³-hybridized carbons (Fsp3) is 0.833. The van der Waals surface area contributed by atoms with Gasteiger partial charge in [0, 0.05) is 12.8 Å². The van der Waals surface area contributed by atoms with Gasteiger partial charge in [-0.25, -0.2) is 0 Å². The molecule has 0 bridgehead atoms. The fourth-order valence-electron chi connectivity index (χ4n) is 1.53. The van der Waals surface area contributed by atoms with Crippen LogP contribution in [0.1, 0.15) is 46.0 Å². The van der Waals surface area contributed by atoms with E-state index in [-0.39, 0.29) is 25.7 Å². The zero-order chi connectivity index (χ0) is 14.1. The Bertz CT molecular complexity index is 265. The van der Waals surface area contributed by atoms with E-state index in [1.807, 2.05) is 0 Å². The van der Waals surface area contributed by atoms with Crippen LogP contribution in [0.2, 0.25) is 0 Å². The Labute approximate surface area is 107 Å². The number of rotatable bonds is 9. The number of ether oxygens (including phenoxy) is 1. The van der Waals surface area contributed by atoms with Crippen LogP contribution in [0.15, 0.2) is 0 Å². The third kappa shape index (κ3) is 6.56. The van der Waals surface area contributed by atoms with Gasteiger partial charge in [0.25, 0.3) is 0 Å². The summed E-state index contributed by atoms with van der Waals surface area (Å²) in [7, 11) is 0. The van der Waals surface area contributed by atoms with E-state index >= 15 is 0 Å². The van der Waals surface area contributed by atoms with Crippen molar-refractivity contribution < 1.29 is 29.6 Å². The number of hydrogen-bond donors (Lipinski definition) is 3. The first-order valence-electron chi connectivity index (χ1n) is 6.20. The summed E-state index contributed by atoms with van der Waals surface area (Å²) < 4.78 is 4.75. The van der Waals surface area contributed by atoms with E-state index in [2.05, 4.69) is 0 Å². The van der Waals surface area contributed by atoms with Gasteiger partial charge in [0.15, 0.2) is 6.29 Å². The average Bonchev–Trinajstić information content (AvgIpc) is 2.32. The maximum absolute atomic E-state index is 11.7. The summed E-state index contributed by atoms with van der Waals surface area (Å²) in [5.41, 5.74) is 0. The Morgan fingerprint density at radius 2 is 1.78 bits per heavy atom. The summed E-state index contributed by atoms with van der Waals surface area (Å²) in [6.07, 6.45) is -0.953. The van der Waals surface area contributed by atoms with Gasteiger partial charge in [-0.1, -0.05) is 13.8 Å². The number of carbonyl (C=O) groups is 2. The standard InChI is InChI=1S/C12H22O6/c1-3-9(13)8(6-5-7-10(14)15)12(17)18-11(16)4-2/h8-9,11,13,16H,3-7H2,1-2H3,(H,14,15). The molecule has 3 atom stereocenters. The highest BCUT2D eigenvalue weighted by Gasteiger charge is 2.28. The molecule has 0 aromatic carbocycles. The molecule has 0 saturated heterocycles. The molecule has 0 rings (SSSR count). The van der Waals surface area contributed by atoms with Crippen LogP contribution < -0.4 is 0 Å². The predicted molar refractivity (Wildman–Crippen MR) is 63.7 cm³/mol. The van der Waals surface area contributed by atoms with Crippen LogP contribution >= 0.6 is 0 Å². The van der Waals surface area contributed by atoms with Crippen molar-refractivity contribution in [1.29, 1.82) is 0 Å². The number of carboxylic acids is 1. The minimum absolute atomic E-state index is 0.0590. The number of aliphatic carboxylic acids is 1. The quantitative estimate of drug-likeness (QED) is 0.421. The van der Waals surface area contributed by atoms with Crippen LogP contribution in [-0.4, -0.2) is 39.7 Å². The number of aliphatic hydroxyl groups is 2. The normalized spacial score (nSPS) is 15.8. The van der Waals surface area contributed by atoms with Gasteiger partial charge < -0.3 is 20.1 Å². The summed E-state index contributed by atoms with van der Waals surface area (Å²) in [6, 6.07) is 0. The van der Waals surface area contributed by atoms with E-state index in [0.29, 0.717) is 6.42 Å². The molecule has 0 aliphatic carbocycles. The van der Waals surface area contributed by atoms with E-state index in [4.69, 9.17) is 9.84 Å². The molecule has 0 saturated carbocycles. The predicted octanol–water partition coefficient (Wildman–Crippen LogP) is 0.900. The molecule has 0 amide bonds. The average molecular weight is 262 g/mol. The molecule has 106 valence electrons. The number of carbonyl (C=O) groups excluding carboxylic acids is 1. The molecule has 3 unspecified atom stereocenters. The number of esters is 1. The van der Waals surface area contributed by atoms with Crippen LogP contribution in [0.25, 0.3) is 0 Å². The second kappa shape index (κ2) is 8.88. The fourth-order valence-corrected chi connectivity index (χ4v) is 1.53. The molecule has 18 heavy (non-hydrogen) atoms. The third-order valence-corrected chi connectivity index (χ3v) is 2.69. The second-order valence-corrected chi connectivity index (χ2v) is 4.17. The highest BCUT2D eigenvalue weighted by atomic mass is 16.6. The molecule has 0 aromatic rings. The molecule has 0 radical (unpaired) electrons. The van der Waals surface area contributed by atoms with Crippen molar-refractivity contribution in [1.82, 2.24) is 0 Å². The largest absolute Gasteiger partial charge is 0.481 e. The van der Waals surface area contributed by atoms with Crippen LogP contribution in [0, 0.1) is 5.92 Å². The molecular formula is C12H22O6. The lowest BCUT2D eigenvalue weighted by atomic mass is 9.94. The van der Waals surface area contributed by atoms with E-state index in [1.165, 1.54) is 0 Å². The SMILES string of the molecule is CCC(O)OC(=O)C(CCCC(=O)O)C(O)CC. The number of hydrogen-bond acceptors (Lipinski definition) is 5. The zero-order valence-electron chi connectivity index (χ0n) is 10.8. The van der Waals surface area contributed by atoms with Gasteiger partial charge in [0.2, 0.25) is 0 Å². The monoisotopic (exact) mass is 262 g/mol. The lowest BCUT2D eigenvalue weighted by Crippen LogP contribution is -2.32.